The maximum atomic E-state index is 13.4. The topological polar surface area (TPSA) is 83.7 Å². The molecule has 0 aliphatic carbocycles. The van der Waals surface area contributed by atoms with E-state index in [1.54, 1.807) is 24.3 Å². The van der Waals surface area contributed by atoms with Gasteiger partial charge in [-0.15, -0.1) is 10.2 Å². The number of aromatic hydroxyl groups is 1. The molecule has 0 spiro atoms. The van der Waals surface area contributed by atoms with Gasteiger partial charge in [-0.05, 0) is 49.2 Å². The summed E-state index contributed by atoms with van der Waals surface area (Å²) >= 11 is 1.37. The fourth-order valence-corrected chi connectivity index (χ4v) is 5.36. The van der Waals surface area contributed by atoms with E-state index in [1.165, 1.54) is 23.9 Å². The monoisotopic (exact) mass is 497 g/mol. The molecule has 1 amide bonds. The molecule has 5 rings (SSSR count). The third kappa shape index (κ3) is 5.43. The van der Waals surface area contributed by atoms with Crippen molar-refractivity contribution >= 4 is 23.4 Å². The molecule has 2 aliphatic heterocycles. The van der Waals surface area contributed by atoms with Crippen LogP contribution in [-0.2, 0) is 16.1 Å². The Labute approximate surface area is 207 Å². The SMILES string of the molecule is O=C(CSc1nnc(-c2ccc(F)cc2)n1C[C@@H]1CCCO1)N1CCN(c2ccccc2O)CC1. The number of piperazine rings is 1. The zero-order chi connectivity index (χ0) is 24.2. The number of phenols is 1. The molecule has 1 N–H and O–H groups in total. The molecule has 1 aromatic heterocycles. The van der Waals surface area contributed by atoms with E-state index in [1.807, 2.05) is 21.6 Å². The summed E-state index contributed by atoms with van der Waals surface area (Å²) in [6.07, 6.45) is 2.06. The Balaban J connectivity index is 1.24. The molecule has 2 aromatic carbocycles. The van der Waals surface area contributed by atoms with Crippen molar-refractivity contribution in [2.45, 2.75) is 30.6 Å². The second-order valence-corrected chi connectivity index (χ2v) is 9.65. The zero-order valence-corrected chi connectivity index (χ0v) is 20.2. The Morgan fingerprint density at radius 2 is 1.86 bits per heavy atom. The molecule has 3 heterocycles. The normalized spacial score (nSPS) is 18.3. The Kier molecular flexibility index (Phi) is 7.19. The van der Waals surface area contributed by atoms with Gasteiger partial charge in [0.2, 0.25) is 5.91 Å². The number of aromatic nitrogens is 3. The smallest absolute Gasteiger partial charge is 0.233 e. The molecule has 0 unspecified atom stereocenters. The van der Waals surface area contributed by atoms with Gasteiger partial charge in [0.25, 0.3) is 0 Å². The molecule has 0 saturated carbocycles. The van der Waals surface area contributed by atoms with E-state index >= 15 is 0 Å². The number of halogens is 1. The highest BCUT2D eigenvalue weighted by atomic mass is 32.2. The van der Waals surface area contributed by atoms with Gasteiger partial charge in [0, 0.05) is 38.3 Å². The van der Waals surface area contributed by atoms with Gasteiger partial charge in [0.05, 0.1) is 24.1 Å². The minimum atomic E-state index is -0.304. The zero-order valence-electron chi connectivity index (χ0n) is 19.3. The van der Waals surface area contributed by atoms with Crippen molar-refractivity contribution in [3.05, 3.63) is 54.3 Å². The van der Waals surface area contributed by atoms with Crippen LogP contribution in [0.3, 0.4) is 0 Å². The molecule has 3 aromatic rings. The number of carbonyl (C=O) groups is 1. The fourth-order valence-electron chi connectivity index (χ4n) is 4.51. The highest BCUT2D eigenvalue weighted by molar-refractivity contribution is 7.99. The van der Waals surface area contributed by atoms with Crippen molar-refractivity contribution < 1.29 is 19.0 Å². The number of phenolic OH excluding ortho intramolecular Hbond substituents is 1. The largest absolute Gasteiger partial charge is 0.506 e. The molecule has 2 saturated heterocycles. The molecule has 2 fully saturated rings. The molecule has 0 bridgehead atoms. The van der Waals surface area contributed by atoms with Crippen LogP contribution in [0.25, 0.3) is 11.4 Å². The van der Waals surface area contributed by atoms with E-state index in [4.69, 9.17) is 4.74 Å². The van der Waals surface area contributed by atoms with Crippen LogP contribution < -0.4 is 4.90 Å². The summed E-state index contributed by atoms with van der Waals surface area (Å²) in [7, 11) is 0. The van der Waals surface area contributed by atoms with Crippen LogP contribution in [-0.4, -0.2) is 75.3 Å². The molecule has 184 valence electrons. The van der Waals surface area contributed by atoms with Gasteiger partial charge < -0.3 is 19.6 Å². The first-order valence-electron chi connectivity index (χ1n) is 11.8. The van der Waals surface area contributed by atoms with Gasteiger partial charge in [-0.1, -0.05) is 23.9 Å². The van der Waals surface area contributed by atoms with Gasteiger partial charge in [0.1, 0.15) is 11.6 Å². The number of rotatable bonds is 7. The maximum absolute atomic E-state index is 13.4. The van der Waals surface area contributed by atoms with Crippen molar-refractivity contribution in [2.24, 2.45) is 0 Å². The number of anilines is 1. The van der Waals surface area contributed by atoms with E-state index in [0.717, 1.165) is 30.7 Å². The van der Waals surface area contributed by atoms with Crippen LogP contribution in [0.4, 0.5) is 10.1 Å². The number of amides is 1. The van der Waals surface area contributed by atoms with Crippen LogP contribution in [0.1, 0.15) is 12.8 Å². The Morgan fingerprint density at radius 1 is 1.09 bits per heavy atom. The number of carbonyl (C=O) groups excluding carboxylic acids is 1. The first-order valence-corrected chi connectivity index (χ1v) is 12.8. The van der Waals surface area contributed by atoms with Gasteiger partial charge in [-0.25, -0.2) is 4.39 Å². The van der Waals surface area contributed by atoms with E-state index in [2.05, 4.69) is 15.1 Å². The van der Waals surface area contributed by atoms with E-state index in [0.29, 0.717) is 43.7 Å². The first kappa shape index (κ1) is 23.6. The Hall–Kier alpha value is -3.11. The molecular formula is C25H28FN5O3S. The van der Waals surface area contributed by atoms with Crippen LogP contribution in [0, 0.1) is 5.82 Å². The minimum Gasteiger partial charge on any atom is -0.506 e. The van der Waals surface area contributed by atoms with Gasteiger partial charge in [-0.3, -0.25) is 9.36 Å². The quantitative estimate of drug-likeness (QED) is 0.501. The summed E-state index contributed by atoms with van der Waals surface area (Å²) in [5.74, 6) is 0.893. The summed E-state index contributed by atoms with van der Waals surface area (Å²) in [5, 5.41) is 19.5. The van der Waals surface area contributed by atoms with Crippen LogP contribution in [0.2, 0.25) is 0 Å². The number of thioether (sulfide) groups is 1. The van der Waals surface area contributed by atoms with Gasteiger partial charge in [-0.2, -0.15) is 0 Å². The van der Waals surface area contributed by atoms with Crippen molar-refractivity contribution in [2.75, 3.05) is 43.4 Å². The lowest BCUT2D eigenvalue weighted by Crippen LogP contribution is -2.49. The van der Waals surface area contributed by atoms with E-state index < -0.39 is 0 Å². The van der Waals surface area contributed by atoms with Crippen LogP contribution in [0.5, 0.6) is 5.75 Å². The number of para-hydroxylation sites is 2. The molecule has 8 nitrogen and oxygen atoms in total. The number of benzene rings is 2. The number of hydrogen-bond donors (Lipinski definition) is 1. The Morgan fingerprint density at radius 3 is 2.57 bits per heavy atom. The third-order valence-electron chi connectivity index (χ3n) is 6.41. The summed E-state index contributed by atoms with van der Waals surface area (Å²) in [4.78, 5) is 16.9. The van der Waals surface area contributed by atoms with E-state index in [9.17, 15) is 14.3 Å². The number of ether oxygens (including phenoxy) is 1. The van der Waals surface area contributed by atoms with Crippen molar-refractivity contribution in [1.29, 1.82) is 0 Å². The predicted octanol–water partition coefficient (Wildman–Crippen LogP) is 3.41. The van der Waals surface area contributed by atoms with Crippen molar-refractivity contribution in [3.63, 3.8) is 0 Å². The lowest BCUT2D eigenvalue weighted by atomic mass is 10.2. The Bertz CT molecular complexity index is 1160. The summed E-state index contributed by atoms with van der Waals surface area (Å²) in [5.41, 5.74) is 1.57. The number of nitrogens with zero attached hydrogens (tertiary/aromatic N) is 5. The molecule has 10 heteroatoms. The number of hydrogen-bond acceptors (Lipinski definition) is 7. The van der Waals surface area contributed by atoms with Crippen molar-refractivity contribution in [1.82, 2.24) is 19.7 Å². The predicted molar refractivity (Wildman–Crippen MR) is 132 cm³/mol. The lowest BCUT2D eigenvalue weighted by Gasteiger charge is -2.36. The second kappa shape index (κ2) is 10.7. The molecule has 0 radical (unpaired) electrons. The van der Waals surface area contributed by atoms with E-state index in [-0.39, 0.29) is 29.3 Å². The molecule has 35 heavy (non-hydrogen) atoms. The standard InChI is InChI=1S/C25H28FN5O3S/c26-19-9-7-18(8-10-19)24-27-28-25(31(24)16-20-4-3-15-34-20)35-17-23(33)30-13-11-29(12-14-30)21-5-1-2-6-22(21)32/h1-2,5-10,20,32H,3-4,11-17H2/t20-/m0/s1. The summed E-state index contributed by atoms with van der Waals surface area (Å²) in [6.45, 7) is 3.85. The third-order valence-corrected chi connectivity index (χ3v) is 7.36. The lowest BCUT2D eigenvalue weighted by molar-refractivity contribution is -0.128. The summed E-state index contributed by atoms with van der Waals surface area (Å²) < 4.78 is 21.2. The first-order chi connectivity index (χ1) is 17.1. The van der Waals surface area contributed by atoms with Crippen molar-refractivity contribution in [3.8, 4) is 17.1 Å². The minimum absolute atomic E-state index is 0.0435. The average Bonchev–Trinajstić information content (AvgIpc) is 3.54. The molecular weight excluding hydrogens is 469 g/mol. The van der Waals surface area contributed by atoms with Gasteiger partial charge >= 0.3 is 0 Å². The molecule has 2 aliphatic rings. The highest BCUT2D eigenvalue weighted by Gasteiger charge is 2.25. The maximum Gasteiger partial charge on any atom is 0.233 e. The van der Waals surface area contributed by atoms with Crippen LogP contribution in [0.15, 0.2) is 53.7 Å². The second-order valence-electron chi connectivity index (χ2n) is 8.70. The molecule has 1 atom stereocenters. The fraction of sp³-hybridized carbons (Fsp3) is 0.400. The van der Waals surface area contributed by atoms with Gasteiger partial charge in [0.15, 0.2) is 11.0 Å². The highest BCUT2D eigenvalue weighted by Crippen LogP contribution is 2.29. The van der Waals surface area contributed by atoms with Crippen LogP contribution >= 0.6 is 11.8 Å². The summed E-state index contributed by atoms with van der Waals surface area (Å²) in [6, 6.07) is 13.5. The average molecular weight is 498 g/mol.